The molecule has 1 aromatic heterocycles. The zero-order valence-corrected chi connectivity index (χ0v) is 16.2. The van der Waals surface area contributed by atoms with Gasteiger partial charge >= 0.3 is 13.2 Å². The number of rotatable bonds is 8. The van der Waals surface area contributed by atoms with Gasteiger partial charge in [0.05, 0.1) is 0 Å². The van der Waals surface area contributed by atoms with E-state index in [-0.39, 0.29) is 16.9 Å². The van der Waals surface area contributed by atoms with E-state index in [1.54, 1.807) is 6.92 Å². The van der Waals surface area contributed by atoms with Crippen LogP contribution in [0.2, 0.25) is 0 Å². The standard InChI is InChI=1S/C19H14F5N5O3/c1-10-26-27-28-29(10)15-8-12(4-6-14(15)20)25-17(30)7-3-11-2-5-13(31-18(21)22)9-16(11)32-19(23)24/h2-9,18-19H,1H3,(H,25,30)/b7-3+. The Labute approximate surface area is 177 Å². The van der Waals surface area contributed by atoms with E-state index in [0.29, 0.717) is 5.82 Å². The second-order valence-corrected chi connectivity index (χ2v) is 6.08. The van der Waals surface area contributed by atoms with Crippen molar-refractivity contribution in [2.24, 2.45) is 0 Å². The highest BCUT2D eigenvalue weighted by Gasteiger charge is 2.14. The van der Waals surface area contributed by atoms with Crippen LogP contribution in [0.4, 0.5) is 27.6 Å². The second kappa shape index (κ2) is 9.85. The maximum Gasteiger partial charge on any atom is 0.387 e. The van der Waals surface area contributed by atoms with E-state index in [1.165, 1.54) is 12.1 Å². The minimum Gasteiger partial charge on any atom is -0.435 e. The summed E-state index contributed by atoms with van der Waals surface area (Å²) in [6, 6.07) is 6.81. The number of nitrogens with one attached hydrogen (secondary N) is 1. The van der Waals surface area contributed by atoms with Crippen molar-refractivity contribution >= 4 is 17.7 Å². The first kappa shape index (κ1) is 22.7. The predicted octanol–water partition coefficient (Wildman–Crippen LogP) is 3.96. The Morgan fingerprint density at radius 3 is 2.50 bits per heavy atom. The van der Waals surface area contributed by atoms with Crippen molar-refractivity contribution in [2.45, 2.75) is 20.1 Å². The van der Waals surface area contributed by atoms with Crippen molar-refractivity contribution in [1.82, 2.24) is 20.2 Å². The summed E-state index contributed by atoms with van der Waals surface area (Å²) >= 11 is 0. The smallest absolute Gasteiger partial charge is 0.387 e. The van der Waals surface area contributed by atoms with Gasteiger partial charge in [-0.3, -0.25) is 4.79 Å². The SMILES string of the molecule is Cc1nnnn1-c1cc(NC(=O)/C=C/c2ccc(OC(F)F)cc2OC(F)F)ccc1F. The van der Waals surface area contributed by atoms with Crippen LogP contribution in [0, 0.1) is 12.7 Å². The minimum absolute atomic E-state index is 0.00322. The maximum absolute atomic E-state index is 14.1. The van der Waals surface area contributed by atoms with Gasteiger partial charge in [0.1, 0.15) is 23.0 Å². The lowest BCUT2D eigenvalue weighted by Crippen LogP contribution is -2.10. The molecule has 0 spiro atoms. The van der Waals surface area contributed by atoms with Crippen LogP contribution < -0.4 is 14.8 Å². The number of aryl methyl sites for hydroxylation is 1. The summed E-state index contributed by atoms with van der Waals surface area (Å²) < 4.78 is 73.6. The summed E-state index contributed by atoms with van der Waals surface area (Å²) in [4.78, 5) is 12.2. The Morgan fingerprint density at radius 1 is 1.09 bits per heavy atom. The highest BCUT2D eigenvalue weighted by atomic mass is 19.3. The third-order valence-corrected chi connectivity index (χ3v) is 3.91. The predicted molar refractivity (Wildman–Crippen MR) is 101 cm³/mol. The van der Waals surface area contributed by atoms with Gasteiger partial charge in [0, 0.05) is 23.4 Å². The average Bonchev–Trinajstić information content (AvgIpc) is 3.13. The molecule has 0 aliphatic carbocycles. The number of anilines is 1. The lowest BCUT2D eigenvalue weighted by Gasteiger charge is -2.11. The molecule has 0 fully saturated rings. The number of amides is 1. The zero-order chi connectivity index (χ0) is 23.3. The Hall–Kier alpha value is -4.03. The first-order chi connectivity index (χ1) is 15.2. The average molecular weight is 455 g/mol. The Bertz CT molecular complexity index is 1140. The van der Waals surface area contributed by atoms with Crippen molar-refractivity contribution < 1.29 is 36.2 Å². The van der Waals surface area contributed by atoms with E-state index >= 15 is 0 Å². The zero-order valence-electron chi connectivity index (χ0n) is 16.2. The third-order valence-electron chi connectivity index (χ3n) is 3.91. The number of hydrogen-bond acceptors (Lipinski definition) is 6. The molecular weight excluding hydrogens is 441 g/mol. The van der Waals surface area contributed by atoms with E-state index in [9.17, 15) is 26.7 Å². The van der Waals surface area contributed by atoms with Crippen LogP contribution in [0.15, 0.2) is 42.5 Å². The number of hydrogen-bond donors (Lipinski definition) is 1. The van der Waals surface area contributed by atoms with Gasteiger partial charge in [-0.05, 0) is 53.8 Å². The molecule has 0 atom stereocenters. The molecule has 0 radical (unpaired) electrons. The van der Waals surface area contributed by atoms with Crippen molar-refractivity contribution in [2.75, 3.05) is 5.32 Å². The molecule has 1 amide bonds. The first-order valence-corrected chi connectivity index (χ1v) is 8.80. The van der Waals surface area contributed by atoms with E-state index in [4.69, 9.17) is 0 Å². The summed E-state index contributed by atoms with van der Waals surface area (Å²) in [5.41, 5.74) is 0.207. The fourth-order valence-corrected chi connectivity index (χ4v) is 2.58. The fourth-order valence-electron chi connectivity index (χ4n) is 2.58. The van der Waals surface area contributed by atoms with E-state index in [2.05, 4.69) is 30.3 Å². The molecule has 0 bridgehead atoms. The van der Waals surface area contributed by atoms with Crippen molar-refractivity contribution in [1.29, 1.82) is 0 Å². The molecule has 2 aromatic carbocycles. The summed E-state index contributed by atoms with van der Waals surface area (Å²) in [6.07, 6.45) is 2.13. The first-order valence-electron chi connectivity index (χ1n) is 8.80. The number of aromatic nitrogens is 4. The molecule has 13 heteroatoms. The number of tetrazole rings is 1. The number of carbonyl (C=O) groups excluding carboxylic acids is 1. The molecule has 32 heavy (non-hydrogen) atoms. The summed E-state index contributed by atoms with van der Waals surface area (Å²) in [6.45, 7) is -4.83. The molecule has 0 saturated carbocycles. The van der Waals surface area contributed by atoms with Gasteiger partial charge in [-0.1, -0.05) is 0 Å². The highest BCUT2D eigenvalue weighted by molar-refractivity contribution is 6.02. The van der Waals surface area contributed by atoms with Crippen molar-refractivity contribution in [3.8, 4) is 17.2 Å². The van der Waals surface area contributed by atoms with Crippen LogP contribution in [0.25, 0.3) is 11.8 Å². The highest BCUT2D eigenvalue weighted by Crippen LogP contribution is 2.28. The number of nitrogens with zero attached hydrogens (tertiary/aromatic N) is 4. The minimum atomic E-state index is -3.23. The van der Waals surface area contributed by atoms with E-state index in [1.807, 2.05) is 0 Å². The molecule has 0 saturated heterocycles. The van der Waals surface area contributed by atoms with Gasteiger partial charge in [0.25, 0.3) is 0 Å². The largest absolute Gasteiger partial charge is 0.435 e. The topological polar surface area (TPSA) is 91.2 Å². The Morgan fingerprint density at radius 2 is 1.84 bits per heavy atom. The Balaban J connectivity index is 1.77. The monoisotopic (exact) mass is 455 g/mol. The van der Waals surface area contributed by atoms with Gasteiger partial charge in [-0.2, -0.15) is 22.2 Å². The molecule has 0 aliphatic heterocycles. The van der Waals surface area contributed by atoms with Gasteiger partial charge in [-0.15, -0.1) is 5.10 Å². The summed E-state index contributed by atoms with van der Waals surface area (Å²) in [5.74, 6) is -1.87. The van der Waals surface area contributed by atoms with Crippen LogP contribution in [0.5, 0.6) is 11.5 Å². The summed E-state index contributed by atoms with van der Waals surface area (Å²) in [7, 11) is 0. The lowest BCUT2D eigenvalue weighted by molar-refractivity contribution is -0.111. The molecule has 168 valence electrons. The number of ether oxygens (including phenoxy) is 2. The fraction of sp³-hybridized carbons (Fsp3) is 0.158. The normalized spacial score (nSPS) is 11.4. The number of halogens is 5. The van der Waals surface area contributed by atoms with Crippen LogP contribution >= 0.6 is 0 Å². The molecule has 1 N–H and O–H groups in total. The third kappa shape index (κ3) is 5.77. The number of carbonyl (C=O) groups is 1. The van der Waals surface area contributed by atoms with Crippen molar-refractivity contribution in [3.05, 3.63) is 59.7 Å². The summed E-state index contributed by atoms with van der Waals surface area (Å²) in [5, 5.41) is 13.2. The molecule has 0 aliphatic rings. The van der Waals surface area contributed by atoms with Gasteiger partial charge < -0.3 is 14.8 Å². The molecule has 1 heterocycles. The van der Waals surface area contributed by atoms with E-state index in [0.717, 1.165) is 41.1 Å². The molecule has 8 nitrogen and oxygen atoms in total. The molecular formula is C19H14F5N5O3. The number of alkyl halides is 4. The second-order valence-electron chi connectivity index (χ2n) is 6.08. The quantitative estimate of drug-likeness (QED) is 0.409. The lowest BCUT2D eigenvalue weighted by atomic mass is 10.1. The maximum atomic E-state index is 14.1. The van der Waals surface area contributed by atoms with Crippen LogP contribution in [0.1, 0.15) is 11.4 Å². The van der Waals surface area contributed by atoms with Gasteiger partial charge in [-0.25, -0.2) is 4.39 Å². The Kier molecular flexibility index (Phi) is 6.97. The number of benzene rings is 2. The van der Waals surface area contributed by atoms with Crippen molar-refractivity contribution in [3.63, 3.8) is 0 Å². The van der Waals surface area contributed by atoms with Gasteiger partial charge in [0.15, 0.2) is 5.82 Å². The molecule has 0 unspecified atom stereocenters. The van der Waals surface area contributed by atoms with Gasteiger partial charge in [0.2, 0.25) is 5.91 Å². The van der Waals surface area contributed by atoms with E-state index < -0.39 is 36.4 Å². The molecule has 3 rings (SSSR count). The van der Waals surface area contributed by atoms with Crippen LogP contribution in [-0.4, -0.2) is 39.3 Å². The van der Waals surface area contributed by atoms with Crippen LogP contribution in [0.3, 0.4) is 0 Å². The molecule has 3 aromatic rings. The van der Waals surface area contributed by atoms with Crippen LogP contribution in [-0.2, 0) is 4.79 Å².